The summed E-state index contributed by atoms with van der Waals surface area (Å²) in [5.74, 6) is 0.885. The highest BCUT2D eigenvalue weighted by Gasteiger charge is 2.13. The Kier molecular flexibility index (Phi) is 7.26. The van der Waals surface area contributed by atoms with E-state index in [9.17, 15) is 9.65 Å². The van der Waals surface area contributed by atoms with Crippen LogP contribution in [-0.4, -0.2) is 6.61 Å². The summed E-state index contributed by atoms with van der Waals surface area (Å²) in [5.41, 5.74) is 2.75. The highest BCUT2D eigenvalue weighted by Crippen LogP contribution is 2.36. The molecule has 5 heteroatoms. The van der Waals surface area contributed by atoms with Crippen LogP contribution in [0.3, 0.4) is 0 Å². The molecule has 0 unspecified atom stereocenters. The second-order valence-electron chi connectivity index (χ2n) is 7.41. The topological polar surface area (TPSA) is 42.2 Å². The Morgan fingerprint density at radius 2 is 1.79 bits per heavy atom. The predicted molar refractivity (Wildman–Crippen MR) is 138 cm³/mol. The van der Waals surface area contributed by atoms with E-state index in [4.69, 9.17) is 9.47 Å². The van der Waals surface area contributed by atoms with E-state index in [1.54, 1.807) is 18.2 Å². The lowest BCUT2D eigenvalue weighted by atomic mass is 10.0. The smallest absolute Gasteiger partial charge is 0.175 e. The third-order valence-corrected chi connectivity index (χ3v) is 5.90. The van der Waals surface area contributed by atoms with Crippen molar-refractivity contribution in [1.29, 1.82) is 5.26 Å². The first-order chi connectivity index (χ1) is 16.1. The molecule has 4 aromatic rings. The van der Waals surface area contributed by atoms with E-state index in [1.807, 2.05) is 31.2 Å². The Labute approximate surface area is 206 Å². The molecule has 164 valence electrons. The van der Waals surface area contributed by atoms with Crippen molar-refractivity contribution in [3.8, 4) is 17.6 Å². The van der Waals surface area contributed by atoms with E-state index in [1.165, 1.54) is 22.9 Å². The number of nitriles is 1. The molecule has 0 aromatic heterocycles. The van der Waals surface area contributed by atoms with Crippen LogP contribution in [0.25, 0.3) is 22.4 Å². The van der Waals surface area contributed by atoms with Gasteiger partial charge in [0.1, 0.15) is 12.4 Å². The van der Waals surface area contributed by atoms with Gasteiger partial charge in [-0.25, -0.2) is 4.39 Å². The predicted octanol–water partition coefficient (Wildman–Crippen LogP) is 7.63. The van der Waals surface area contributed by atoms with Crippen molar-refractivity contribution < 1.29 is 13.9 Å². The fourth-order valence-electron chi connectivity index (χ4n) is 3.56. The molecule has 0 bridgehead atoms. The number of allylic oxidation sites excluding steroid dienone is 1. The molecule has 0 N–H and O–H groups in total. The van der Waals surface area contributed by atoms with Crippen LogP contribution in [0.2, 0.25) is 0 Å². The lowest BCUT2D eigenvalue weighted by molar-refractivity contribution is 0.267. The molecule has 0 fully saturated rings. The molecular formula is C28H21FINO2. The first-order valence-corrected chi connectivity index (χ1v) is 11.6. The van der Waals surface area contributed by atoms with Gasteiger partial charge in [0.15, 0.2) is 11.5 Å². The maximum Gasteiger partial charge on any atom is 0.175 e. The number of halogens is 2. The van der Waals surface area contributed by atoms with Gasteiger partial charge in [-0.05, 0) is 93.4 Å². The third kappa shape index (κ3) is 5.52. The van der Waals surface area contributed by atoms with E-state index in [0.717, 1.165) is 14.7 Å². The number of hydrogen-bond donors (Lipinski definition) is 0. The second kappa shape index (κ2) is 10.5. The van der Waals surface area contributed by atoms with Crippen molar-refractivity contribution in [2.75, 3.05) is 6.61 Å². The van der Waals surface area contributed by atoms with Crippen molar-refractivity contribution in [2.24, 2.45) is 0 Å². The molecule has 0 aliphatic carbocycles. The zero-order chi connectivity index (χ0) is 23.2. The molecule has 0 heterocycles. The number of ether oxygens (including phenoxy) is 2. The van der Waals surface area contributed by atoms with Gasteiger partial charge in [-0.3, -0.25) is 0 Å². The first kappa shape index (κ1) is 22.8. The van der Waals surface area contributed by atoms with Gasteiger partial charge < -0.3 is 9.47 Å². The van der Waals surface area contributed by atoms with Crippen LogP contribution < -0.4 is 9.47 Å². The Hall–Kier alpha value is -3.37. The quantitative estimate of drug-likeness (QED) is 0.135. The lowest BCUT2D eigenvalue weighted by Crippen LogP contribution is -2.02. The number of rotatable bonds is 7. The van der Waals surface area contributed by atoms with Gasteiger partial charge >= 0.3 is 0 Å². The van der Waals surface area contributed by atoms with E-state index in [2.05, 4.69) is 59.0 Å². The van der Waals surface area contributed by atoms with Gasteiger partial charge in [-0.15, -0.1) is 0 Å². The molecule has 4 rings (SSSR count). The van der Waals surface area contributed by atoms with Gasteiger partial charge in [0.05, 0.1) is 21.8 Å². The van der Waals surface area contributed by atoms with Crippen molar-refractivity contribution in [3.05, 3.63) is 105 Å². The highest BCUT2D eigenvalue weighted by atomic mass is 127. The largest absolute Gasteiger partial charge is 0.490 e. The normalized spacial score (nSPS) is 11.3. The summed E-state index contributed by atoms with van der Waals surface area (Å²) in [4.78, 5) is 0. The van der Waals surface area contributed by atoms with Crippen molar-refractivity contribution in [2.45, 2.75) is 13.5 Å². The maximum absolute atomic E-state index is 13.6. The average Bonchev–Trinajstić information content (AvgIpc) is 2.82. The monoisotopic (exact) mass is 549 g/mol. The molecule has 3 nitrogen and oxygen atoms in total. The van der Waals surface area contributed by atoms with Crippen LogP contribution in [0.1, 0.15) is 23.6 Å². The molecule has 0 saturated heterocycles. The summed E-state index contributed by atoms with van der Waals surface area (Å²) in [6.45, 7) is 2.80. The molecule has 33 heavy (non-hydrogen) atoms. The molecule has 0 aliphatic heterocycles. The Bertz CT molecular complexity index is 1370. The molecule has 0 radical (unpaired) electrons. The van der Waals surface area contributed by atoms with Gasteiger partial charge in [0, 0.05) is 0 Å². The average molecular weight is 549 g/mol. The van der Waals surface area contributed by atoms with Gasteiger partial charge in [0.2, 0.25) is 0 Å². The van der Waals surface area contributed by atoms with Crippen LogP contribution in [0.5, 0.6) is 11.5 Å². The molecular weight excluding hydrogens is 528 g/mol. The van der Waals surface area contributed by atoms with Gasteiger partial charge in [-0.1, -0.05) is 48.5 Å². The van der Waals surface area contributed by atoms with Crippen molar-refractivity contribution in [1.82, 2.24) is 0 Å². The van der Waals surface area contributed by atoms with Crippen LogP contribution >= 0.6 is 22.6 Å². The second-order valence-corrected chi connectivity index (χ2v) is 8.58. The molecule has 0 saturated carbocycles. The first-order valence-electron chi connectivity index (χ1n) is 10.5. The number of benzene rings is 4. The molecule has 0 aliphatic rings. The van der Waals surface area contributed by atoms with Gasteiger partial charge in [0.25, 0.3) is 0 Å². The summed E-state index contributed by atoms with van der Waals surface area (Å²) in [6.07, 6.45) is 1.73. The Morgan fingerprint density at radius 3 is 2.55 bits per heavy atom. The fraction of sp³-hybridized carbons (Fsp3) is 0.107. The van der Waals surface area contributed by atoms with Crippen LogP contribution in [0.15, 0.2) is 78.9 Å². The van der Waals surface area contributed by atoms with E-state index in [-0.39, 0.29) is 5.82 Å². The Balaban J connectivity index is 1.63. The summed E-state index contributed by atoms with van der Waals surface area (Å²) >= 11 is 2.21. The molecule has 0 spiro atoms. The van der Waals surface area contributed by atoms with Crippen molar-refractivity contribution in [3.63, 3.8) is 0 Å². The molecule has 0 atom stereocenters. The van der Waals surface area contributed by atoms with E-state index in [0.29, 0.717) is 35.8 Å². The third-order valence-electron chi connectivity index (χ3n) is 5.10. The zero-order valence-corrected chi connectivity index (χ0v) is 20.2. The summed E-state index contributed by atoms with van der Waals surface area (Å²) in [7, 11) is 0. The van der Waals surface area contributed by atoms with E-state index < -0.39 is 0 Å². The number of nitrogens with zero attached hydrogens (tertiary/aromatic N) is 1. The molecule has 4 aromatic carbocycles. The standard InChI is InChI=1S/C28H21FINO2/c1-2-32-27-15-20(13-24(17-31)23-8-5-9-25(29)16-23)14-26(30)28(27)33-18-19-10-11-21-6-3-4-7-22(21)12-19/h3-16H,2,18H2,1H3/b24-13-. The van der Waals surface area contributed by atoms with Crippen LogP contribution in [0, 0.1) is 20.7 Å². The summed E-state index contributed by atoms with van der Waals surface area (Å²) < 4.78 is 26.5. The molecule has 0 amide bonds. The minimum absolute atomic E-state index is 0.373. The zero-order valence-electron chi connectivity index (χ0n) is 18.0. The van der Waals surface area contributed by atoms with Crippen LogP contribution in [-0.2, 0) is 6.61 Å². The summed E-state index contributed by atoms with van der Waals surface area (Å²) in [6, 6.07) is 26.4. The minimum atomic E-state index is -0.379. The number of hydrogen-bond acceptors (Lipinski definition) is 3. The van der Waals surface area contributed by atoms with Crippen molar-refractivity contribution >= 4 is 45.0 Å². The lowest BCUT2D eigenvalue weighted by Gasteiger charge is -2.15. The Morgan fingerprint density at radius 1 is 0.970 bits per heavy atom. The van der Waals surface area contributed by atoms with Gasteiger partial charge in [-0.2, -0.15) is 5.26 Å². The fourth-order valence-corrected chi connectivity index (χ4v) is 4.34. The SMILES string of the molecule is CCOc1cc(/C=C(/C#N)c2cccc(F)c2)cc(I)c1OCc1ccc2ccccc2c1. The summed E-state index contributed by atoms with van der Waals surface area (Å²) in [5, 5.41) is 12.0. The van der Waals surface area contributed by atoms with Crippen LogP contribution in [0.4, 0.5) is 4.39 Å². The maximum atomic E-state index is 13.6. The number of fused-ring (bicyclic) bond motifs is 1. The highest BCUT2D eigenvalue weighted by molar-refractivity contribution is 14.1. The minimum Gasteiger partial charge on any atom is -0.490 e. The van der Waals surface area contributed by atoms with E-state index >= 15 is 0 Å².